The summed E-state index contributed by atoms with van der Waals surface area (Å²) in [7, 11) is 1.79. The highest BCUT2D eigenvalue weighted by atomic mass is 32.1. The molecule has 0 saturated carbocycles. The average Bonchev–Trinajstić information content (AvgIpc) is 3.14. The van der Waals surface area contributed by atoms with Gasteiger partial charge in [0.2, 0.25) is 0 Å². The molecule has 0 aliphatic carbocycles. The molecule has 0 unspecified atom stereocenters. The lowest BCUT2D eigenvalue weighted by Crippen LogP contribution is -2.37. The van der Waals surface area contributed by atoms with Crippen molar-refractivity contribution < 1.29 is 4.74 Å². The predicted octanol–water partition coefficient (Wildman–Crippen LogP) is 3.79. The Morgan fingerprint density at radius 1 is 1.19 bits per heavy atom. The van der Waals surface area contributed by atoms with E-state index >= 15 is 0 Å². The Bertz CT molecular complexity index is 667. The minimum Gasteiger partial charge on any atom is -0.494 e. The van der Waals surface area contributed by atoms with Gasteiger partial charge in [-0.05, 0) is 37.0 Å². The third kappa shape index (κ3) is 7.04. The van der Waals surface area contributed by atoms with Gasteiger partial charge < -0.3 is 15.4 Å². The Balaban J connectivity index is 1.69. The number of thiazole rings is 1. The predicted molar refractivity (Wildman–Crippen MR) is 110 cm³/mol. The Morgan fingerprint density at radius 2 is 2.00 bits per heavy atom. The summed E-state index contributed by atoms with van der Waals surface area (Å²) in [4.78, 5) is 10.00. The van der Waals surface area contributed by atoms with Crippen molar-refractivity contribution in [3.05, 3.63) is 45.9 Å². The van der Waals surface area contributed by atoms with E-state index in [0.717, 1.165) is 55.6 Å². The summed E-state index contributed by atoms with van der Waals surface area (Å²) in [6.07, 6.45) is 6.17. The van der Waals surface area contributed by atoms with Crippen molar-refractivity contribution in [2.45, 2.75) is 46.1 Å². The van der Waals surface area contributed by atoms with Crippen LogP contribution in [0.1, 0.15) is 42.1 Å². The number of ether oxygens (including phenoxy) is 1. The van der Waals surface area contributed by atoms with E-state index in [1.54, 1.807) is 18.4 Å². The normalized spacial score (nSPS) is 11.4. The third-order valence-corrected chi connectivity index (χ3v) is 5.12. The maximum Gasteiger partial charge on any atom is 0.191 e. The number of guanidine groups is 1. The zero-order chi connectivity index (χ0) is 18.6. The molecule has 0 aliphatic rings. The molecule has 0 radical (unpaired) electrons. The first-order chi connectivity index (χ1) is 12.7. The molecule has 0 amide bonds. The van der Waals surface area contributed by atoms with E-state index in [1.165, 1.54) is 10.4 Å². The highest BCUT2D eigenvalue weighted by Crippen LogP contribution is 2.13. The van der Waals surface area contributed by atoms with E-state index in [4.69, 9.17) is 4.74 Å². The van der Waals surface area contributed by atoms with Crippen LogP contribution in [0, 0.1) is 0 Å². The molecule has 2 rings (SSSR count). The van der Waals surface area contributed by atoms with Crippen LogP contribution in [0.25, 0.3) is 0 Å². The first-order valence-corrected chi connectivity index (χ1v) is 10.2. The molecular weight excluding hydrogens is 344 g/mol. The number of benzene rings is 1. The molecular formula is C20H30N4OS. The number of hydrogen-bond donors (Lipinski definition) is 2. The molecule has 2 N–H and O–H groups in total. The second-order valence-electron chi connectivity index (χ2n) is 6.02. The van der Waals surface area contributed by atoms with E-state index < -0.39 is 0 Å². The lowest BCUT2D eigenvalue weighted by atomic mass is 10.1. The number of aliphatic imine (C=N–C) groups is 1. The van der Waals surface area contributed by atoms with Gasteiger partial charge >= 0.3 is 0 Å². The van der Waals surface area contributed by atoms with Crippen LogP contribution in [0.2, 0.25) is 0 Å². The van der Waals surface area contributed by atoms with Crippen molar-refractivity contribution in [3.8, 4) is 5.75 Å². The third-order valence-electron chi connectivity index (χ3n) is 3.98. The van der Waals surface area contributed by atoms with Gasteiger partial charge in [0.05, 0.1) is 13.2 Å². The minimum atomic E-state index is 0.703. The second-order valence-corrected chi connectivity index (χ2v) is 7.22. The van der Waals surface area contributed by atoms with Gasteiger partial charge in [0.25, 0.3) is 0 Å². The van der Waals surface area contributed by atoms with Crippen LogP contribution in [0.15, 0.2) is 35.5 Å². The largest absolute Gasteiger partial charge is 0.494 e. The van der Waals surface area contributed by atoms with Crippen LogP contribution < -0.4 is 15.4 Å². The quantitative estimate of drug-likeness (QED) is 0.377. The van der Waals surface area contributed by atoms with Crippen molar-refractivity contribution in [1.29, 1.82) is 0 Å². The number of aromatic nitrogens is 1. The zero-order valence-corrected chi connectivity index (χ0v) is 16.9. The second kappa shape index (κ2) is 11.5. The highest BCUT2D eigenvalue weighted by molar-refractivity contribution is 7.11. The van der Waals surface area contributed by atoms with Gasteiger partial charge in [-0.15, -0.1) is 11.3 Å². The molecule has 1 aromatic heterocycles. The molecule has 6 heteroatoms. The van der Waals surface area contributed by atoms with Crippen LogP contribution in [-0.2, 0) is 19.4 Å². The molecule has 1 aromatic carbocycles. The Morgan fingerprint density at radius 3 is 2.65 bits per heavy atom. The number of rotatable bonds is 10. The van der Waals surface area contributed by atoms with E-state index in [1.807, 2.05) is 18.3 Å². The number of unbranched alkanes of at least 4 members (excludes halogenated alkanes) is 1. The number of hydrogen-bond acceptors (Lipinski definition) is 4. The maximum atomic E-state index is 5.70. The standard InChI is InChI=1S/C20H30N4OS/c1-4-6-13-25-17-9-7-16(8-10-17)11-12-22-20(21-3)24-15-19-23-14-18(5-2)26-19/h7-10,14H,4-6,11-13,15H2,1-3H3,(H2,21,22,24). The van der Waals surface area contributed by atoms with Gasteiger partial charge in [-0.25, -0.2) is 4.98 Å². The zero-order valence-electron chi connectivity index (χ0n) is 16.0. The molecule has 5 nitrogen and oxygen atoms in total. The first kappa shape index (κ1) is 20.2. The molecule has 1 heterocycles. The minimum absolute atomic E-state index is 0.703. The van der Waals surface area contributed by atoms with Crippen molar-refractivity contribution in [1.82, 2.24) is 15.6 Å². The van der Waals surface area contributed by atoms with Crippen molar-refractivity contribution in [2.24, 2.45) is 4.99 Å². The summed E-state index contributed by atoms with van der Waals surface area (Å²) in [6, 6.07) is 8.35. The van der Waals surface area contributed by atoms with Crippen molar-refractivity contribution >= 4 is 17.3 Å². The highest BCUT2D eigenvalue weighted by Gasteiger charge is 2.03. The topological polar surface area (TPSA) is 58.5 Å². The fourth-order valence-electron chi connectivity index (χ4n) is 2.39. The first-order valence-electron chi connectivity index (χ1n) is 9.35. The molecule has 0 bridgehead atoms. The maximum absolute atomic E-state index is 5.70. The SMILES string of the molecule is CCCCOc1ccc(CCNC(=NC)NCc2ncc(CC)s2)cc1. The van der Waals surface area contributed by atoms with Crippen LogP contribution >= 0.6 is 11.3 Å². The van der Waals surface area contributed by atoms with Crippen LogP contribution in [0.3, 0.4) is 0 Å². The fourth-order valence-corrected chi connectivity index (χ4v) is 3.19. The monoisotopic (exact) mass is 374 g/mol. The molecule has 142 valence electrons. The van der Waals surface area contributed by atoms with E-state index in [-0.39, 0.29) is 0 Å². The molecule has 2 aromatic rings. The molecule has 0 aliphatic heterocycles. The summed E-state index contributed by atoms with van der Waals surface area (Å²) in [6.45, 7) is 6.64. The lowest BCUT2D eigenvalue weighted by Gasteiger charge is -2.11. The summed E-state index contributed by atoms with van der Waals surface area (Å²) >= 11 is 1.75. The van der Waals surface area contributed by atoms with E-state index in [2.05, 4.69) is 46.6 Å². The Kier molecular flexibility index (Phi) is 8.96. The van der Waals surface area contributed by atoms with Gasteiger partial charge in [0.1, 0.15) is 10.8 Å². The van der Waals surface area contributed by atoms with E-state index in [9.17, 15) is 0 Å². The molecule has 0 fully saturated rings. The molecule has 26 heavy (non-hydrogen) atoms. The lowest BCUT2D eigenvalue weighted by molar-refractivity contribution is 0.309. The molecule has 0 saturated heterocycles. The van der Waals surface area contributed by atoms with Crippen molar-refractivity contribution in [2.75, 3.05) is 20.2 Å². The van der Waals surface area contributed by atoms with Crippen LogP contribution in [0.4, 0.5) is 0 Å². The Hall–Kier alpha value is -2.08. The van der Waals surface area contributed by atoms with Gasteiger partial charge in [-0.3, -0.25) is 4.99 Å². The Labute approximate surface area is 160 Å². The summed E-state index contributed by atoms with van der Waals surface area (Å²) in [5.41, 5.74) is 1.28. The summed E-state index contributed by atoms with van der Waals surface area (Å²) < 4.78 is 5.70. The molecule has 0 atom stereocenters. The molecule has 0 spiro atoms. The number of nitrogens with zero attached hydrogens (tertiary/aromatic N) is 2. The van der Waals surface area contributed by atoms with Gasteiger partial charge in [-0.2, -0.15) is 0 Å². The van der Waals surface area contributed by atoms with Crippen LogP contribution in [0.5, 0.6) is 5.75 Å². The summed E-state index contributed by atoms with van der Waals surface area (Å²) in [5, 5.41) is 7.75. The van der Waals surface area contributed by atoms with Gasteiger partial charge in [-0.1, -0.05) is 32.4 Å². The van der Waals surface area contributed by atoms with E-state index in [0.29, 0.717) is 6.54 Å². The van der Waals surface area contributed by atoms with Crippen molar-refractivity contribution in [3.63, 3.8) is 0 Å². The fraction of sp³-hybridized carbons (Fsp3) is 0.500. The van der Waals surface area contributed by atoms with Gasteiger partial charge in [0, 0.05) is 24.7 Å². The number of aryl methyl sites for hydroxylation is 1. The average molecular weight is 375 g/mol. The summed E-state index contributed by atoms with van der Waals surface area (Å²) in [5.74, 6) is 1.75. The smallest absolute Gasteiger partial charge is 0.191 e. The van der Waals surface area contributed by atoms with Gasteiger partial charge in [0.15, 0.2) is 5.96 Å². The number of nitrogens with one attached hydrogen (secondary N) is 2. The van der Waals surface area contributed by atoms with Crippen LogP contribution in [-0.4, -0.2) is 31.1 Å².